The van der Waals surface area contributed by atoms with Crippen molar-refractivity contribution in [1.29, 1.82) is 0 Å². The van der Waals surface area contributed by atoms with E-state index in [1.54, 1.807) is 0 Å². The summed E-state index contributed by atoms with van der Waals surface area (Å²) in [7, 11) is 1.82. The van der Waals surface area contributed by atoms with Crippen molar-refractivity contribution in [3.05, 3.63) is 12.0 Å². The highest BCUT2D eigenvalue weighted by Gasteiger charge is 2.22. The van der Waals surface area contributed by atoms with Gasteiger partial charge in [0.25, 0.3) is 6.01 Å². The van der Waals surface area contributed by atoms with Gasteiger partial charge in [-0.25, -0.2) is 4.98 Å². The van der Waals surface area contributed by atoms with Gasteiger partial charge in [-0.05, 0) is 12.8 Å². The molecule has 3 heteroatoms. The first-order chi connectivity index (χ1) is 5.40. The van der Waals surface area contributed by atoms with Gasteiger partial charge < -0.3 is 9.73 Å². The zero-order valence-electron chi connectivity index (χ0n) is 6.63. The van der Waals surface area contributed by atoms with Crippen molar-refractivity contribution in [2.24, 2.45) is 0 Å². The predicted octanol–water partition coefficient (Wildman–Crippen LogP) is 1.98. The van der Waals surface area contributed by atoms with Crippen LogP contribution >= 0.6 is 0 Å². The molecule has 0 bridgehead atoms. The van der Waals surface area contributed by atoms with Crippen molar-refractivity contribution in [3.8, 4) is 0 Å². The summed E-state index contributed by atoms with van der Waals surface area (Å²) in [5, 5.41) is 2.87. The maximum Gasteiger partial charge on any atom is 0.294 e. The average molecular weight is 152 g/mol. The van der Waals surface area contributed by atoms with Crippen molar-refractivity contribution in [3.63, 3.8) is 0 Å². The van der Waals surface area contributed by atoms with Crippen molar-refractivity contribution >= 4 is 6.01 Å². The van der Waals surface area contributed by atoms with Crippen LogP contribution in [0.4, 0.5) is 6.01 Å². The van der Waals surface area contributed by atoms with Gasteiger partial charge >= 0.3 is 0 Å². The second-order valence-electron chi connectivity index (χ2n) is 2.95. The fraction of sp³-hybridized carbons (Fsp3) is 0.625. The molecule has 0 unspecified atom stereocenters. The zero-order chi connectivity index (χ0) is 7.68. The van der Waals surface area contributed by atoms with E-state index >= 15 is 0 Å². The van der Waals surface area contributed by atoms with Crippen molar-refractivity contribution in [1.82, 2.24) is 4.98 Å². The maximum atomic E-state index is 5.41. The first-order valence-electron chi connectivity index (χ1n) is 4.03. The van der Waals surface area contributed by atoms with Gasteiger partial charge in [0.1, 0.15) is 5.76 Å². The lowest BCUT2D eigenvalue weighted by atomic mass is 9.84. The van der Waals surface area contributed by atoms with Gasteiger partial charge in [-0.15, -0.1) is 0 Å². The van der Waals surface area contributed by atoms with Crippen molar-refractivity contribution in [2.45, 2.75) is 25.2 Å². The van der Waals surface area contributed by atoms with Crippen LogP contribution in [0.25, 0.3) is 0 Å². The molecule has 0 aliphatic heterocycles. The van der Waals surface area contributed by atoms with E-state index in [1.165, 1.54) is 19.3 Å². The first-order valence-corrected chi connectivity index (χ1v) is 4.03. The molecular weight excluding hydrogens is 140 g/mol. The summed E-state index contributed by atoms with van der Waals surface area (Å²) in [5.41, 5.74) is 0. The quantitative estimate of drug-likeness (QED) is 0.704. The number of nitrogens with zero attached hydrogens (tertiary/aromatic N) is 1. The normalized spacial score (nSPS) is 17.9. The van der Waals surface area contributed by atoms with E-state index in [2.05, 4.69) is 10.3 Å². The maximum absolute atomic E-state index is 5.41. The molecule has 1 aliphatic rings. The Morgan fingerprint density at radius 3 is 2.91 bits per heavy atom. The molecule has 0 amide bonds. The summed E-state index contributed by atoms with van der Waals surface area (Å²) < 4.78 is 5.41. The Hall–Kier alpha value is -0.990. The third-order valence-corrected chi connectivity index (χ3v) is 2.24. The lowest BCUT2D eigenvalue weighted by Gasteiger charge is -2.21. The van der Waals surface area contributed by atoms with Gasteiger partial charge in [0.2, 0.25) is 0 Å². The molecule has 0 atom stereocenters. The standard InChI is InChI=1S/C8H12N2O/c1-9-8-10-5-7(11-8)6-3-2-4-6/h5-6H,2-4H2,1H3,(H,9,10). The number of anilines is 1. The van der Waals surface area contributed by atoms with Crippen LogP contribution in [-0.2, 0) is 0 Å². The summed E-state index contributed by atoms with van der Waals surface area (Å²) in [5.74, 6) is 1.69. The van der Waals surface area contributed by atoms with Crippen LogP contribution in [0.5, 0.6) is 0 Å². The highest BCUT2D eigenvalue weighted by atomic mass is 16.4. The van der Waals surface area contributed by atoms with Crippen LogP contribution in [0, 0.1) is 0 Å². The SMILES string of the molecule is CNc1ncc(C2CCC2)o1. The number of rotatable bonds is 2. The lowest BCUT2D eigenvalue weighted by Crippen LogP contribution is -2.07. The van der Waals surface area contributed by atoms with E-state index in [9.17, 15) is 0 Å². The van der Waals surface area contributed by atoms with E-state index in [1.807, 2.05) is 13.2 Å². The van der Waals surface area contributed by atoms with Crippen LogP contribution in [0.1, 0.15) is 30.9 Å². The van der Waals surface area contributed by atoms with Crippen molar-refractivity contribution in [2.75, 3.05) is 12.4 Å². The van der Waals surface area contributed by atoms with Gasteiger partial charge in [-0.1, -0.05) is 6.42 Å². The van der Waals surface area contributed by atoms with Gasteiger partial charge in [0.05, 0.1) is 6.20 Å². The molecule has 2 rings (SSSR count). The minimum atomic E-state index is 0.631. The molecule has 1 aromatic rings. The zero-order valence-corrected chi connectivity index (χ0v) is 6.63. The topological polar surface area (TPSA) is 38.1 Å². The molecule has 1 saturated carbocycles. The fourth-order valence-electron chi connectivity index (χ4n) is 1.28. The molecular formula is C8H12N2O. The molecule has 0 radical (unpaired) electrons. The van der Waals surface area contributed by atoms with Crippen molar-refractivity contribution < 1.29 is 4.42 Å². The summed E-state index contributed by atoms with van der Waals surface area (Å²) in [6, 6.07) is 0.631. The number of oxazole rings is 1. The molecule has 1 aliphatic carbocycles. The molecule has 1 aromatic heterocycles. The molecule has 0 spiro atoms. The molecule has 3 nitrogen and oxygen atoms in total. The number of aromatic nitrogens is 1. The second kappa shape index (κ2) is 2.57. The minimum Gasteiger partial charge on any atom is -0.428 e. The summed E-state index contributed by atoms with van der Waals surface area (Å²) >= 11 is 0. The van der Waals surface area contributed by atoms with Crippen LogP contribution in [0.2, 0.25) is 0 Å². The van der Waals surface area contributed by atoms with Crippen LogP contribution in [0.15, 0.2) is 10.6 Å². The van der Waals surface area contributed by atoms with Gasteiger partial charge in [-0.3, -0.25) is 0 Å². The summed E-state index contributed by atoms with van der Waals surface area (Å²) in [6.45, 7) is 0. The Morgan fingerprint density at radius 2 is 2.45 bits per heavy atom. The molecule has 11 heavy (non-hydrogen) atoms. The van der Waals surface area contributed by atoms with Gasteiger partial charge in [0, 0.05) is 13.0 Å². The van der Waals surface area contributed by atoms with Gasteiger partial charge in [0.15, 0.2) is 0 Å². The number of hydrogen-bond donors (Lipinski definition) is 1. The molecule has 0 saturated heterocycles. The Balaban J connectivity index is 2.11. The van der Waals surface area contributed by atoms with E-state index in [4.69, 9.17) is 4.42 Å². The predicted molar refractivity (Wildman–Crippen MR) is 42.6 cm³/mol. The highest BCUT2D eigenvalue weighted by molar-refractivity contribution is 5.20. The fourth-order valence-corrected chi connectivity index (χ4v) is 1.28. The van der Waals surface area contributed by atoms with E-state index < -0.39 is 0 Å². The summed E-state index contributed by atoms with van der Waals surface area (Å²) in [4.78, 5) is 4.06. The lowest BCUT2D eigenvalue weighted by molar-refractivity contribution is 0.350. The monoisotopic (exact) mass is 152 g/mol. The first kappa shape index (κ1) is 6.70. The second-order valence-corrected chi connectivity index (χ2v) is 2.95. The Morgan fingerprint density at radius 1 is 1.64 bits per heavy atom. The summed E-state index contributed by atoms with van der Waals surface area (Å²) in [6.07, 6.45) is 5.69. The minimum absolute atomic E-state index is 0.631. The third kappa shape index (κ3) is 1.11. The Kier molecular flexibility index (Phi) is 1.56. The largest absolute Gasteiger partial charge is 0.428 e. The van der Waals surface area contributed by atoms with Crippen LogP contribution in [-0.4, -0.2) is 12.0 Å². The van der Waals surface area contributed by atoms with E-state index in [-0.39, 0.29) is 0 Å². The Bertz CT molecular complexity index is 240. The van der Waals surface area contributed by atoms with Crippen LogP contribution < -0.4 is 5.32 Å². The molecule has 1 fully saturated rings. The van der Waals surface area contributed by atoms with E-state index in [0.29, 0.717) is 11.9 Å². The van der Waals surface area contributed by atoms with Gasteiger partial charge in [-0.2, -0.15) is 0 Å². The molecule has 0 aromatic carbocycles. The number of nitrogens with one attached hydrogen (secondary N) is 1. The van der Waals surface area contributed by atoms with E-state index in [0.717, 1.165) is 5.76 Å². The molecule has 60 valence electrons. The highest BCUT2D eigenvalue weighted by Crippen LogP contribution is 2.36. The smallest absolute Gasteiger partial charge is 0.294 e. The molecule has 1 heterocycles. The third-order valence-electron chi connectivity index (χ3n) is 2.24. The molecule has 1 N–H and O–H groups in total. The number of hydrogen-bond acceptors (Lipinski definition) is 3. The van der Waals surface area contributed by atoms with Crippen LogP contribution in [0.3, 0.4) is 0 Å². The average Bonchev–Trinajstić information content (AvgIpc) is 2.32. The Labute approximate surface area is 65.8 Å².